The topological polar surface area (TPSA) is 23.1 Å². The van der Waals surface area contributed by atoms with E-state index >= 15 is 0 Å². The first kappa shape index (κ1) is 20.3. The second-order valence-electron chi connectivity index (χ2n) is 8.92. The second-order valence-corrected chi connectivity index (χ2v) is 12.7. The molecule has 1 nitrogen and oxygen atoms in total. The fraction of sp³-hybridized carbons (Fsp3) is 0.333. The predicted molar refractivity (Wildman–Crippen MR) is 135 cm³/mol. The summed E-state index contributed by atoms with van der Waals surface area (Å²) in [7, 11) is 0. The maximum Gasteiger partial charge on any atom is 0.130 e. The Bertz CT molecular complexity index is 1130. The fourth-order valence-electron chi connectivity index (χ4n) is 5.12. The smallest absolute Gasteiger partial charge is 0.130 e. The summed E-state index contributed by atoms with van der Waals surface area (Å²) in [4.78, 5) is 1.46. The van der Waals surface area contributed by atoms with Gasteiger partial charge in [0.1, 0.15) is 11.5 Å². The number of hydrogen-bond donors (Lipinski definition) is 0. The van der Waals surface area contributed by atoms with Gasteiger partial charge < -0.3 is 4.55 Å². The molecule has 0 spiro atoms. The number of rotatable bonds is 2. The Kier molecular flexibility index (Phi) is 5.60. The van der Waals surface area contributed by atoms with Crippen molar-refractivity contribution in [3.63, 3.8) is 0 Å². The SMILES string of the molecule is [O-][S+]1CCc2cc(C3Cc4cc(C5CSc6ccccc6C5)ccc4CS3)ccc2C1. The van der Waals surface area contributed by atoms with Gasteiger partial charge in [0.2, 0.25) is 0 Å². The monoisotopic (exact) mass is 462 g/mol. The van der Waals surface area contributed by atoms with Gasteiger partial charge in [0.25, 0.3) is 0 Å². The van der Waals surface area contributed by atoms with Gasteiger partial charge in [-0.05, 0) is 69.4 Å². The van der Waals surface area contributed by atoms with Crippen molar-refractivity contribution in [3.05, 3.63) is 99.6 Å². The lowest BCUT2D eigenvalue weighted by molar-refractivity contribution is 0.590. The predicted octanol–water partition coefficient (Wildman–Crippen LogP) is 6.45. The van der Waals surface area contributed by atoms with Crippen LogP contribution in [-0.4, -0.2) is 16.1 Å². The normalized spacial score (nSPS) is 24.7. The Hall–Kier alpha value is -1.33. The lowest BCUT2D eigenvalue weighted by atomic mass is 9.89. The molecule has 0 N–H and O–H groups in total. The van der Waals surface area contributed by atoms with Crippen LogP contribution < -0.4 is 0 Å². The van der Waals surface area contributed by atoms with E-state index in [1.165, 1.54) is 44.0 Å². The van der Waals surface area contributed by atoms with Crippen molar-refractivity contribution in [2.45, 2.75) is 46.8 Å². The molecule has 158 valence electrons. The van der Waals surface area contributed by atoms with Crippen LogP contribution in [0, 0.1) is 0 Å². The highest BCUT2D eigenvalue weighted by molar-refractivity contribution is 7.99. The largest absolute Gasteiger partial charge is 0.616 e. The van der Waals surface area contributed by atoms with Crippen molar-refractivity contribution in [2.24, 2.45) is 0 Å². The van der Waals surface area contributed by atoms with E-state index in [0.29, 0.717) is 11.2 Å². The quantitative estimate of drug-likeness (QED) is 0.409. The van der Waals surface area contributed by atoms with Crippen LogP contribution in [0.15, 0.2) is 65.6 Å². The molecule has 0 fully saturated rings. The standard InChI is InChI=1S/C27H26OS3/c28-31-10-9-19-11-21(6-8-23(19)17-31)27-14-24-12-18(5-7-22(24)15-30-27)25-13-20-3-1-2-4-26(20)29-16-25/h1-8,11-12,25,27H,9-10,13-17H2. The summed E-state index contributed by atoms with van der Waals surface area (Å²) in [6, 6.07) is 23.1. The van der Waals surface area contributed by atoms with Crippen LogP contribution in [0.2, 0.25) is 0 Å². The first-order valence-corrected chi connectivity index (χ1v) is 14.7. The molecule has 3 aromatic carbocycles. The van der Waals surface area contributed by atoms with E-state index in [1.54, 1.807) is 5.56 Å². The average Bonchev–Trinajstić information content (AvgIpc) is 2.82. The van der Waals surface area contributed by atoms with E-state index in [2.05, 4.69) is 72.4 Å². The number of benzene rings is 3. The Balaban J connectivity index is 1.23. The summed E-state index contributed by atoms with van der Waals surface area (Å²) >= 11 is 3.42. The van der Waals surface area contributed by atoms with Crippen molar-refractivity contribution >= 4 is 34.7 Å². The average molecular weight is 463 g/mol. The first-order valence-electron chi connectivity index (χ1n) is 11.1. The summed E-state index contributed by atoms with van der Waals surface area (Å²) in [5, 5.41) is 0.530. The highest BCUT2D eigenvalue weighted by Gasteiger charge is 2.26. The molecule has 0 saturated heterocycles. The van der Waals surface area contributed by atoms with Gasteiger partial charge in [-0.1, -0.05) is 54.6 Å². The van der Waals surface area contributed by atoms with Gasteiger partial charge in [-0.3, -0.25) is 0 Å². The molecule has 0 amide bonds. The molecule has 3 aromatic rings. The number of fused-ring (bicyclic) bond motifs is 3. The minimum Gasteiger partial charge on any atom is -0.616 e. The molecular formula is C27H26OS3. The lowest BCUT2D eigenvalue weighted by Gasteiger charge is -2.29. The van der Waals surface area contributed by atoms with E-state index in [0.717, 1.165) is 36.5 Å². The summed E-state index contributed by atoms with van der Waals surface area (Å²) in [6.45, 7) is 0. The van der Waals surface area contributed by atoms with Gasteiger partial charge in [-0.25, -0.2) is 0 Å². The molecule has 3 atom stereocenters. The summed E-state index contributed by atoms with van der Waals surface area (Å²) in [6.07, 6.45) is 3.25. The van der Waals surface area contributed by atoms with E-state index in [1.807, 2.05) is 11.8 Å². The van der Waals surface area contributed by atoms with Crippen molar-refractivity contribution < 1.29 is 4.55 Å². The van der Waals surface area contributed by atoms with Crippen LogP contribution in [0.3, 0.4) is 0 Å². The molecule has 0 saturated carbocycles. The summed E-state index contributed by atoms with van der Waals surface area (Å²) in [5.41, 5.74) is 10.3. The maximum absolute atomic E-state index is 11.9. The molecule has 6 rings (SSSR count). The third-order valence-corrected chi connectivity index (χ3v) is 10.8. The van der Waals surface area contributed by atoms with E-state index in [4.69, 9.17) is 0 Å². The van der Waals surface area contributed by atoms with Crippen molar-refractivity contribution in [2.75, 3.05) is 11.5 Å². The Morgan fingerprint density at radius 3 is 2.61 bits per heavy atom. The summed E-state index contributed by atoms with van der Waals surface area (Å²) in [5.74, 6) is 4.46. The minimum absolute atomic E-state index is 0.530. The van der Waals surface area contributed by atoms with Gasteiger partial charge in [0, 0.05) is 33.6 Å². The summed E-state index contributed by atoms with van der Waals surface area (Å²) < 4.78 is 11.9. The highest BCUT2D eigenvalue weighted by atomic mass is 32.2. The van der Waals surface area contributed by atoms with Crippen LogP contribution in [0.25, 0.3) is 0 Å². The molecule has 0 bridgehead atoms. The molecule has 3 heterocycles. The van der Waals surface area contributed by atoms with E-state index in [9.17, 15) is 4.55 Å². The van der Waals surface area contributed by atoms with Gasteiger partial charge in [-0.2, -0.15) is 0 Å². The molecule has 3 aliphatic heterocycles. The van der Waals surface area contributed by atoms with Gasteiger partial charge in [-0.15, -0.1) is 23.5 Å². The molecular weight excluding hydrogens is 436 g/mol. The highest BCUT2D eigenvalue weighted by Crippen LogP contribution is 2.43. The first-order chi connectivity index (χ1) is 15.2. The van der Waals surface area contributed by atoms with Crippen molar-refractivity contribution in [3.8, 4) is 0 Å². The Morgan fingerprint density at radius 2 is 1.65 bits per heavy atom. The van der Waals surface area contributed by atoms with Crippen LogP contribution >= 0.6 is 23.5 Å². The zero-order valence-electron chi connectivity index (χ0n) is 17.5. The molecule has 0 aromatic heterocycles. The van der Waals surface area contributed by atoms with Crippen molar-refractivity contribution in [1.82, 2.24) is 0 Å². The Labute approximate surface area is 196 Å². The van der Waals surface area contributed by atoms with E-state index in [-0.39, 0.29) is 0 Å². The van der Waals surface area contributed by atoms with Gasteiger partial charge in [0.05, 0.1) is 0 Å². The third kappa shape index (κ3) is 4.08. The molecule has 4 heteroatoms. The maximum atomic E-state index is 11.9. The second kappa shape index (κ2) is 8.55. The Morgan fingerprint density at radius 1 is 0.806 bits per heavy atom. The van der Waals surface area contributed by atoms with E-state index < -0.39 is 11.2 Å². The molecule has 0 radical (unpaired) electrons. The van der Waals surface area contributed by atoms with Crippen LogP contribution in [-0.2, 0) is 41.9 Å². The molecule has 31 heavy (non-hydrogen) atoms. The number of aryl methyl sites for hydroxylation is 1. The molecule has 0 aliphatic carbocycles. The van der Waals surface area contributed by atoms with Crippen molar-refractivity contribution in [1.29, 1.82) is 0 Å². The third-order valence-electron chi connectivity index (χ3n) is 6.94. The minimum atomic E-state index is -0.669. The molecule has 3 aliphatic rings. The lowest BCUT2D eigenvalue weighted by Crippen LogP contribution is -2.19. The van der Waals surface area contributed by atoms with Crippen LogP contribution in [0.4, 0.5) is 0 Å². The number of thioether (sulfide) groups is 2. The zero-order valence-corrected chi connectivity index (χ0v) is 20.0. The number of hydrogen-bond acceptors (Lipinski definition) is 3. The van der Waals surface area contributed by atoms with Gasteiger partial charge in [0.15, 0.2) is 0 Å². The zero-order chi connectivity index (χ0) is 20.8. The van der Waals surface area contributed by atoms with Crippen LogP contribution in [0.1, 0.15) is 50.1 Å². The molecule has 3 unspecified atom stereocenters. The van der Waals surface area contributed by atoms with Gasteiger partial charge >= 0.3 is 0 Å². The fourth-order valence-corrected chi connectivity index (χ4v) is 8.85. The van der Waals surface area contributed by atoms with Crippen LogP contribution in [0.5, 0.6) is 0 Å².